The van der Waals surface area contributed by atoms with Crippen molar-refractivity contribution >= 4 is 46.1 Å². The summed E-state index contributed by atoms with van der Waals surface area (Å²) in [6.45, 7) is 0. The number of benzene rings is 1. The molecule has 0 aliphatic carbocycles. The number of methoxy groups -OCH3 is 1. The average molecular weight is 394 g/mol. The predicted octanol–water partition coefficient (Wildman–Crippen LogP) is 3.61. The van der Waals surface area contributed by atoms with E-state index in [0.717, 1.165) is 10.6 Å². The van der Waals surface area contributed by atoms with Crippen molar-refractivity contribution < 1.29 is 14.3 Å². The minimum atomic E-state index is -0.541. The number of halogens is 1. The van der Waals surface area contributed by atoms with Gasteiger partial charge in [0.1, 0.15) is 16.5 Å². The third kappa shape index (κ3) is 3.98. The summed E-state index contributed by atoms with van der Waals surface area (Å²) in [4.78, 5) is 28.6. The first-order chi connectivity index (χ1) is 12.1. The normalized spacial score (nSPS) is 10.3. The van der Waals surface area contributed by atoms with Crippen LogP contribution in [0.25, 0.3) is 10.6 Å². The number of aromatic nitrogens is 1. The molecule has 9 heteroatoms. The van der Waals surface area contributed by atoms with Gasteiger partial charge in [-0.2, -0.15) is 11.3 Å². The van der Waals surface area contributed by atoms with E-state index in [1.165, 1.54) is 24.5 Å². The Bertz CT molecular complexity index is 909. The van der Waals surface area contributed by atoms with E-state index in [1.54, 1.807) is 28.8 Å². The van der Waals surface area contributed by atoms with Crippen LogP contribution in [-0.2, 0) is 0 Å². The molecule has 0 saturated heterocycles. The van der Waals surface area contributed by atoms with E-state index >= 15 is 0 Å². The Labute approximate surface area is 156 Å². The molecule has 2 amide bonds. The smallest absolute Gasteiger partial charge is 0.289 e. The maximum absolute atomic E-state index is 12.2. The minimum absolute atomic E-state index is 0.215. The number of rotatable bonds is 4. The number of hydrogen-bond acceptors (Lipinski definition) is 6. The van der Waals surface area contributed by atoms with Gasteiger partial charge in [0, 0.05) is 21.3 Å². The van der Waals surface area contributed by atoms with Crippen molar-refractivity contribution in [3.8, 4) is 16.3 Å². The van der Waals surface area contributed by atoms with Gasteiger partial charge in [-0.05, 0) is 29.6 Å². The molecule has 0 aliphatic rings. The van der Waals surface area contributed by atoms with Gasteiger partial charge in [-0.15, -0.1) is 11.3 Å². The van der Waals surface area contributed by atoms with E-state index in [1.807, 2.05) is 16.8 Å². The number of carbonyl (C=O) groups excluding carboxylic acids is 2. The molecule has 2 heterocycles. The van der Waals surface area contributed by atoms with Gasteiger partial charge in [-0.1, -0.05) is 11.6 Å². The Kier molecular flexibility index (Phi) is 5.32. The van der Waals surface area contributed by atoms with Gasteiger partial charge >= 0.3 is 0 Å². The molecule has 0 unspecified atom stereocenters. The number of thiophene rings is 1. The molecule has 1 aromatic carbocycles. The van der Waals surface area contributed by atoms with E-state index in [9.17, 15) is 9.59 Å². The minimum Gasteiger partial charge on any atom is -0.496 e. The predicted molar refractivity (Wildman–Crippen MR) is 98.4 cm³/mol. The summed E-state index contributed by atoms with van der Waals surface area (Å²) in [6, 6.07) is 6.57. The lowest BCUT2D eigenvalue weighted by Gasteiger charge is -2.10. The lowest BCUT2D eigenvalue weighted by Crippen LogP contribution is -2.41. The van der Waals surface area contributed by atoms with E-state index in [4.69, 9.17) is 16.3 Å². The van der Waals surface area contributed by atoms with Crippen molar-refractivity contribution in [1.29, 1.82) is 0 Å². The number of hydrazine groups is 1. The SMILES string of the molecule is COc1ccc(Cl)cc1C(=O)NNC(=O)c1csc(-c2ccsc2)n1. The van der Waals surface area contributed by atoms with E-state index in [-0.39, 0.29) is 11.3 Å². The third-order valence-electron chi connectivity index (χ3n) is 3.20. The fraction of sp³-hybridized carbons (Fsp3) is 0.0625. The second-order valence-corrected chi connectivity index (χ2v) is 6.88. The molecular formula is C16H12ClN3O3S2. The molecule has 128 valence electrons. The topological polar surface area (TPSA) is 80.3 Å². The quantitative estimate of drug-likeness (QED) is 0.663. The number of hydrogen-bond donors (Lipinski definition) is 2. The van der Waals surface area contributed by atoms with Gasteiger partial charge in [0.2, 0.25) is 0 Å². The van der Waals surface area contributed by atoms with Crippen molar-refractivity contribution in [3.05, 3.63) is 56.7 Å². The van der Waals surface area contributed by atoms with Crippen LogP contribution in [0, 0.1) is 0 Å². The summed E-state index contributed by atoms with van der Waals surface area (Å²) in [5, 5.41) is 6.66. The number of ether oxygens (including phenoxy) is 1. The Morgan fingerprint density at radius 3 is 2.68 bits per heavy atom. The van der Waals surface area contributed by atoms with Gasteiger partial charge in [-0.25, -0.2) is 4.98 Å². The lowest BCUT2D eigenvalue weighted by atomic mass is 10.2. The molecule has 3 rings (SSSR count). The second-order valence-electron chi connectivity index (χ2n) is 4.80. The highest BCUT2D eigenvalue weighted by molar-refractivity contribution is 7.14. The Morgan fingerprint density at radius 2 is 1.96 bits per heavy atom. The van der Waals surface area contributed by atoms with Gasteiger partial charge < -0.3 is 4.74 Å². The number of carbonyl (C=O) groups is 2. The summed E-state index contributed by atoms with van der Waals surface area (Å²) >= 11 is 8.81. The van der Waals surface area contributed by atoms with Crippen molar-refractivity contribution in [3.63, 3.8) is 0 Å². The zero-order valence-electron chi connectivity index (χ0n) is 12.9. The first kappa shape index (κ1) is 17.4. The van der Waals surface area contributed by atoms with Crippen molar-refractivity contribution in [2.24, 2.45) is 0 Å². The summed E-state index contributed by atoms with van der Waals surface area (Å²) in [5.41, 5.74) is 6.07. The third-order valence-corrected chi connectivity index (χ3v) is 5.01. The first-order valence-corrected chi connectivity index (χ1v) is 9.21. The number of nitrogens with zero attached hydrogens (tertiary/aromatic N) is 1. The van der Waals surface area contributed by atoms with Crippen LogP contribution in [0.1, 0.15) is 20.8 Å². The van der Waals surface area contributed by atoms with Crippen molar-refractivity contribution in [2.75, 3.05) is 7.11 Å². The highest BCUT2D eigenvalue weighted by atomic mass is 35.5. The molecule has 0 fully saturated rings. The van der Waals surface area contributed by atoms with Gasteiger partial charge in [0.25, 0.3) is 11.8 Å². The maximum Gasteiger partial charge on any atom is 0.289 e. The molecule has 3 aromatic rings. The fourth-order valence-electron chi connectivity index (χ4n) is 2.00. The van der Waals surface area contributed by atoms with Crippen LogP contribution in [0.2, 0.25) is 5.02 Å². The molecule has 0 saturated carbocycles. The number of thiazole rings is 1. The van der Waals surface area contributed by atoms with Crippen LogP contribution in [0.3, 0.4) is 0 Å². The van der Waals surface area contributed by atoms with Crippen LogP contribution in [0.15, 0.2) is 40.4 Å². The monoisotopic (exact) mass is 393 g/mol. The first-order valence-electron chi connectivity index (χ1n) is 7.01. The molecule has 25 heavy (non-hydrogen) atoms. The van der Waals surface area contributed by atoms with Crippen LogP contribution < -0.4 is 15.6 Å². The van der Waals surface area contributed by atoms with Crippen molar-refractivity contribution in [1.82, 2.24) is 15.8 Å². The van der Waals surface area contributed by atoms with Gasteiger partial charge in [-0.3, -0.25) is 20.4 Å². The maximum atomic E-state index is 12.2. The standard InChI is InChI=1S/C16H12ClN3O3S2/c1-23-13-3-2-10(17)6-11(13)14(21)19-20-15(22)12-8-25-16(18-12)9-4-5-24-7-9/h2-8H,1H3,(H,19,21)(H,20,22). The van der Waals surface area contributed by atoms with Crippen LogP contribution in [-0.4, -0.2) is 23.9 Å². The van der Waals surface area contributed by atoms with Gasteiger partial charge in [0.15, 0.2) is 0 Å². The molecule has 0 bridgehead atoms. The van der Waals surface area contributed by atoms with Crippen LogP contribution in [0.5, 0.6) is 5.75 Å². The molecule has 0 aliphatic heterocycles. The Balaban J connectivity index is 1.66. The lowest BCUT2D eigenvalue weighted by molar-refractivity contribution is 0.0842. The molecule has 0 atom stereocenters. The molecule has 0 radical (unpaired) electrons. The highest BCUT2D eigenvalue weighted by Crippen LogP contribution is 2.25. The average Bonchev–Trinajstić information content (AvgIpc) is 3.30. The number of nitrogens with one attached hydrogen (secondary N) is 2. The molecule has 6 nitrogen and oxygen atoms in total. The molecule has 2 aromatic heterocycles. The van der Waals surface area contributed by atoms with Gasteiger partial charge in [0.05, 0.1) is 12.7 Å². The molecule has 0 spiro atoms. The summed E-state index contributed by atoms with van der Waals surface area (Å²) in [5.74, 6) is -0.697. The molecular weight excluding hydrogens is 382 g/mol. The number of amides is 2. The Hall–Kier alpha value is -2.42. The van der Waals surface area contributed by atoms with E-state index < -0.39 is 11.8 Å². The zero-order valence-corrected chi connectivity index (χ0v) is 15.3. The van der Waals surface area contributed by atoms with E-state index in [0.29, 0.717) is 10.8 Å². The summed E-state index contributed by atoms with van der Waals surface area (Å²) in [7, 11) is 1.44. The summed E-state index contributed by atoms with van der Waals surface area (Å²) in [6.07, 6.45) is 0. The Morgan fingerprint density at radius 1 is 1.16 bits per heavy atom. The zero-order chi connectivity index (χ0) is 17.8. The fourth-order valence-corrected chi connectivity index (χ4v) is 3.68. The second kappa shape index (κ2) is 7.64. The van der Waals surface area contributed by atoms with E-state index in [2.05, 4.69) is 15.8 Å². The highest BCUT2D eigenvalue weighted by Gasteiger charge is 2.16. The molecule has 2 N–H and O–H groups in total. The summed E-state index contributed by atoms with van der Waals surface area (Å²) < 4.78 is 5.12. The van der Waals surface area contributed by atoms with Crippen molar-refractivity contribution in [2.45, 2.75) is 0 Å². The largest absolute Gasteiger partial charge is 0.496 e. The van der Waals surface area contributed by atoms with Crippen LogP contribution >= 0.6 is 34.3 Å². The van der Waals surface area contributed by atoms with Crippen LogP contribution in [0.4, 0.5) is 0 Å².